The molecule has 30 heavy (non-hydrogen) atoms. The van der Waals surface area contributed by atoms with Crippen molar-refractivity contribution in [3.63, 3.8) is 0 Å². The predicted octanol–water partition coefficient (Wildman–Crippen LogP) is 3.42. The molecule has 0 spiro atoms. The number of hydrogen-bond acceptors (Lipinski definition) is 6. The number of ether oxygens (including phenoxy) is 2. The van der Waals surface area contributed by atoms with Gasteiger partial charge in [-0.05, 0) is 63.5 Å². The van der Waals surface area contributed by atoms with E-state index in [1.54, 1.807) is 0 Å². The third-order valence-electron chi connectivity index (χ3n) is 5.75. The molecular weight excluding hydrogens is 384 g/mol. The molecule has 2 rings (SSSR count). The fraction of sp³-hybridized carbons (Fsp3) is 0.625. The van der Waals surface area contributed by atoms with Gasteiger partial charge in [0.25, 0.3) is 0 Å². The summed E-state index contributed by atoms with van der Waals surface area (Å²) >= 11 is 0. The third kappa shape index (κ3) is 6.47. The summed E-state index contributed by atoms with van der Waals surface area (Å²) in [6, 6.07) is 5.69. The summed E-state index contributed by atoms with van der Waals surface area (Å²) in [4.78, 5) is 36.9. The maximum absolute atomic E-state index is 12.9. The second-order valence-electron chi connectivity index (χ2n) is 8.04. The maximum atomic E-state index is 12.9. The number of carbonyl (C=O) groups is 3. The highest BCUT2D eigenvalue weighted by Gasteiger charge is 2.34. The molecule has 1 aliphatic carbocycles. The summed E-state index contributed by atoms with van der Waals surface area (Å²) in [7, 11) is 0. The lowest BCUT2D eigenvalue weighted by molar-refractivity contribution is -0.131. The first kappa shape index (κ1) is 24.2. The van der Waals surface area contributed by atoms with E-state index < -0.39 is 5.92 Å². The van der Waals surface area contributed by atoms with Gasteiger partial charge in [-0.2, -0.15) is 0 Å². The molecule has 0 bridgehead atoms. The molecule has 3 atom stereocenters. The molecule has 1 aromatic rings. The zero-order valence-corrected chi connectivity index (χ0v) is 18.3. The zero-order valence-electron chi connectivity index (χ0n) is 18.3. The van der Waals surface area contributed by atoms with E-state index in [1.165, 1.54) is 6.92 Å². The molecular formula is C24H34O6. The third-order valence-corrected chi connectivity index (χ3v) is 5.75. The Labute approximate surface area is 179 Å². The zero-order chi connectivity index (χ0) is 22.1. The minimum atomic E-state index is -0.611. The smallest absolute Gasteiger partial charge is 0.167 e. The van der Waals surface area contributed by atoms with Gasteiger partial charge < -0.3 is 14.6 Å². The van der Waals surface area contributed by atoms with E-state index >= 15 is 0 Å². The van der Waals surface area contributed by atoms with Crippen LogP contribution in [-0.2, 0) is 20.7 Å². The van der Waals surface area contributed by atoms with Gasteiger partial charge in [-0.1, -0.05) is 12.1 Å². The number of benzene rings is 1. The van der Waals surface area contributed by atoms with Crippen LogP contribution in [0.5, 0.6) is 5.75 Å². The highest BCUT2D eigenvalue weighted by atomic mass is 16.5. The first-order valence-electron chi connectivity index (χ1n) is 10.9. The van der Waals surface area contributed by atoms with Crippen LogP contribution in [0, 0.1) is 17.8 Å². The number of aliphatic hydroxyl groups is 1. The van der Waals surface area contributed by atoms with Crippen LogP contribution in [0.3, 0.4) is 0 Å². The van der Waals surface area contributed by atoms with E-state index in [9.17, 15) is 19.5 Å². The highest BCUT2D eigenvalue weighted by molar-refractivity contribution is 6.01. The summed E-state index contributed by atoms with van der Waals surface area (Å²) in [6.07, 6.45) is 2.19. The van der Waals surface area contributed by atoms with Crippen LogP contribution in [0.15, 0.2) is 18.2 Å². The van der Waals surface area contributed by atoms with Gasteiger partial charge in [-0.3, -0.25) is 14.4 Å². The van der Waals surface area contributed by atoms with Crippen molar-refractivity contribution in [3.8, 4) is 5.75 Å². The summed E-state index contributed by atoms with van der Waals surface area (Å²) in [5.41, 5.74) is 1.65. The minimum absolute atomic E-state index is 0.0597. The average molecular weight is 419 g/mol. The van der Waals surface area contributed by atoms with E-state index in [-0.39, 0.29) is 42.2 Å². The molecule has 1 N–H and O–H groups in total. The van der Waals surface area contributed by atoms with Crippen LogP contribution in [0.2, 0.25) is 0 Å². The number of aliphatic hydroxyl groups excluding tert-OH is 1. The number of Topliss-reactive ketones (excluding diaryl/α,β-unsaturated/α-hetero) is 3. The lowest BCUT2D eigenvalue weighted by Gasteiger charge is -2.31. The van der Waals surface area contributed by atoms with Crippen LogP contribution in [-0.4, -0.2) is 48.9 Å². The Morgan fingerprint density at radius 2 is 1.97 bits per heavy atom. The van der Waals surface area contributed by atoms with Gasteiger partial charge in [-0.15, -0.1) is 0 Å². The molecule has 0 amide bonds. The predicted molar refractivity (Wildman–Crippen MR) is 114 cm³/mol. The molecule has 0 aromatic heterocycles. The maximum Gasteiger partial charge on any atom is 0.167 e. The molecule has 0 heterocycles. The van der Waals surface area contributed by atoms with Crippen LogP contribution in [0.4, 0.5) is 0 Å². The first-order valence-corrected chi connectivity index (χ1v) is 10.9. The van der Waals surface area contributed by atoms with Gasteiger partial charge in [0.2, 0.25) is 0 Å². The molecule has 0 fully saturated rings. The SMILES string of the molecule is CCOCCC(CC1CC(=O)c2c(cccc2OCC)C1)C(CO)C(=O)CC(C)=O. The van der Waals surface area contributed by atoms with Crippen LogP contribution in [0.25, 0.3) is 0 Å². The van der Waals surface area contributed by atoms with Crippen molar-refractivity contribution in [1.82, 2.24) is 0 Å². The molecule has 0 saturated heterocycles. The monoisotopic (exact) mass is 418 g/mol. The number of hydrogen-bond donors (Lipinski definition) is 1. The van der Waals surface area contributed by atoms with E-state index in [0.717, 1.165) is 12.0 Å². The van der Waals surface area contributed by atoms with E-state index in [1.807, 2.05) is 32.0 Å². The van der Waals surface area contributed by atoms with Crippen molar-refractivity contribution in [1.29, 1.82) is 0 Å². The normalized spacial score (nSPS) is 17.9. The lowest BCUT2D eigenvalue weighted by atomic mass is 9.73. The Morgan fingerprint density at radius 3 is 2.60 bits per heavy atom. The molecule has 0 saturated carbocycles. The molecule has 0 radical (unpaired) electrons. The van der Waals surface area contributed by atoms with Gasteiger partial charge >= 0.3 is 0 Å². The quantitative estimate of drug-likeness (QED) is 0.390. The van der Waals surface area contributed by atoms with E-state index in [4.69, 9.17) is 9.47 Å². The van der Waals surface area contributed by atoms with Gasteiger partial charge in [0.1, 0.15) is 17.3 Å². The minimum Gasteiger partial charge on any atom is -0.493 e. The molecule has 1 aromatic carbocycles. The van der Waals surface area contributed by atoms with Crippen LogP contribution < -0.4 is 4.74 Å². The summed E-state index contributed by atoms with van der Waals surface area (Å²) < 4.78 is 11.1. The molecule has 0 aliphatic heterocycles. The van der Waals surface area contributed by atoms with Crippen molar-refractivity contribution in [2.45, 2.75) is 52.9 Å². The van der Waals surface area contributed by atoms with Gasteiger partial charge in [0.15, 0.2) is 5.78 Å². The average Bonchev–Trinajstić information content (AvgIpc) is 2.68. The molecule has 6 heteroatoms. The highest BCUT2D eigenvalue weighted by Crippen LogP contribution is 2.37. The Hall–Kier alpha value is -2.05. The molecule has 3 unspecified atom stereocenters. The van der Waals surface area contributed by atoms with Crippen LogP contribution >= 0.6 is 0 Å². The Kier molecular flexibility index (Phi) is 9.66. The largest absolute Gasteiger partial charge is 0.493 e. The number of carbonyl (C=O) groups excluding carboxylic acids is 3. The Balaban J connectivity index is 2.19. The van der Waals surface area contributed by atoms with Crippen molar-refractivity contribution in [2.75, 3.05) is 26.4 Å². The first-order chi connectivity index (χ1) is 14.4. The second-order valence-corrected chi connectivity index (χ2v) is 8.04. The van der Waals surface area contributed by atoms with E-state index in [0.29, 0.717) is 50.4 Å². The van der Waals surface area contributed by atoms with Crippen molar-refractivity contribution in [3.05, 3.63) is 29.3 Å². The fourth-order valence-electron chi connectivity index (χ4n) is 4.43. The van der Waals surface area contributed by atoms with Crippen LogP contribution in [0.1, 0.15) is 62.4 Å². The topological polar surface area (TPSA) is 89.9 Å². The van der Waals surface area contributed by atoms with Gasteiger partial charge in [0.05, 0.1) is 25.2 Å². The lowest BCUT2D eigenvalue weighted by Crippen LogP contribution is -2.32. The summed E-state index contributed by atoms with van der Waals surface area (Å²) in [6.45, 7) is 6.45. The molecule has 166 valence electrons. The van der Waals surface area contributed by atoms with Gasteiger partial charge in [0, 0.05) is 25.6 Å². The standard InChI is InChI=1S/C24H34O6/c1-4-29-10-9-18(20(15-25)21(27)11-16(3)26)12-17-13-19-7-6-8-23(30-5-2)24(19)22(28)14-17/h6-8,17-18,20,25H,4-5,9-15H2,1-3H3. The summed E-state index contributed by atoms with van der Waals surface area (Å²) in [5.74, 6) is -0.406. The Bertz CT molecular complexity index is 741. The van der Waals surface area contributed by atoms with Crippen molar-refractivity contribution in [2.24, 2.45) is 17.8 Å². The number of rotatable bonds is 13. The number of ketones is 3. The Morgan fingerprint density at radius 1 is 1.20 bits per heavy atom. The summed E-state index contributed by atoms with van der Waals surface area (Å²) in [5, 5.41) is 9.91. The fourth-order valence-corrected chi connectivity index (χ4v) is 4.43. The number of fused-ring (bicyclic) bond motifs is 1. The van der Waals surface area contributed by atoms with Gasteiger partial charge in [-0.25, -0.2) is 0 Å². The molecule has 6 nitrogen and oxygen atoms in total. The van der Waals surface area contributed by atoms with Crippen molar-refractivity contribution < 1.29 is 29.0 Å². The second kappa shape index (κ2) is 12.0. The van der Waals surface area contributed by atoms with E-state index in [2.05, 4.69) is 0 Å². The van der Waals surface area contributed by atoms with Crippen molar-refractivity contribution >= 4 is 17.3 Å². The molecule has 1 aliphatic rings.